The van der Waals surface area contributed by atoms with Crippen molar-refractivity contribution in [3.05, 3.63) is 35.9 Å². The molecule has 0 radical (unpaired) electrons. The second-order valence-electron chi connectivity index (χ2n) is 4.95. The van der Waals surface area contributed by atoms with E-state index >= 15 is 0 Å². The lowest BCUT2D eigenvalue weighted by atomic mass is 10.3. The maximum Gasteiger partial charge on any atom is 0.245 e. The topological polar surface area (TPSA) is 88.1 Å². The van der Waals surface area contributed by atoms with Crippen LogP contribution >= 0.6 is 11.6 Å². The van der Waals surface area contributed by atoms with Gasteiger partial charge in [0.1, 0.15) is 11.2 Å². The number of nitrogens with zero attached hydrogens (tertiary/aromatic N) is 4. The first-order valence-corrected chi connectivity index (χ1v) is 8.49. The van der Waals surface area contributed by atoms with E-state index in [1.165, 1.54) is 10.6 Å². The zero-order valence-corrected chi connectivity index (χ0v) is 13.3. The van der Waals surface area contributed by atoms with E-state index in [1.54, 1.807) is 31.3 Å². The van der Waals surface area contributed by atoms with E-state index in [4.69, 9.17) is 11.6 Å². The monoisotopic (exact) mass is 339 g/mol. The quantitative estimate of drug-likeness (QED) is 0.897. The summed E-state index contributed by atoms with van der Waals surface area (Å²) in [7, 11) is -1.97. The number of aromatic nitrogens is 3. The highest BCUT2D eigenvalue weighted by Crippen LogP contribution is 2.33. The molecule has 7 nitrogen and oxygen atoms in total. The van der Waals surface area contributed by atoms with Gasteiger partial charge in [-0.25, -0.2) is 18.4 Å². The van der Waals surface area contributed by atoms with E-state index in [2.05, 4.69) is 20.3 Å². The van der Waals surface area contributed by atoms with Gasteiger partial charge in [0.15, 0.2) is 0 Å². The fourth-order valence-electron chi connectivity index (χ4n) is 2.04. The minimum absolute atomic E-state index is 0.0351. The molecule has 1 fully saturated rings. The second-order valence-corrected chi connectivity index (χ2v) is 7.26. The Morgan fingerprint density at radius 2 is 2.00 bits per heavy atom. The summed E-state index contributed by atoms with van der Waals surface area (Å²) in [6.45, 7) is 0. The number of nitrogens with one attached hydrogen (secondary N) is 1. The fraction of sp³-hybridized carbons (Fsp3) is 0.308. The zero-order chi connectivity index (χ0) is 15.7. The molecule has 1 aliphatic rings. The maximum absolute atomic E-state index is 12.7. The van der Waals surface area contributed by atoms with Crippen LogP contribution in [0, 0.1) is 0 Å². The molecule has 0 unspecified atom stereocenters. The Morgan fingerprint density at radius 3 is 2.68 bits per heavy atom. The molecule has 2 aromatic rings. The van der Waals surface area contributed by atoms with E-state index in [-0.39, 0.29) is 22.2 Å². The number of hydrogen-bond acceptors (Lipinski definition) is 6. The Balaban J connectivity index is 1.96. The number of sulfonamides is 1. The van der Waals surface area contributed by atoms with Gasteiger partial charge in [-0.15, -0.1) is 0 Å². The predicted molar refractivity (Wildman–Crippen MR) is 82.5 cm³/mol. The molecule has 0 amide bonds. The molecule has 1 N–H and O–H groups in total. The van der Waals surface area contributed by atoms with E-state index in [0.717, 1.165) is 12.8 Å². The Labute approximate surface area is 133 Å². The average Bonchev–Trinajstić information content (AvgIpc) is 3.31. The van der Waals surface area contributed by atoms with E-state index in [1.807, 2.05) is 0 Å². The van der Waals surface area contributed by atoms with Crippen molar-refractivity contribution in [2.24, 2.45) is 0 Å². The fourth-order valence-corrected chi connectivity index (χ4v) is 3.73. The Morgan fingerprint density at radius 1 is 1.27 bits per heavy atom. The minimum atomic E-state index is -3.57. The first-order chi connectivity index (χ1) is 10.5. The highest BCUT2D eigenvalue weighted by molar-refractivity contribution is 7.89. The molecular weight excluding hydrogens is 326 g/mol. The molecule has 0 bridgehead atoms. The average molecular weight is 340 g/mol. The van der Waals surface area contributed by atoms with Gasteiger partial charge in [0, 0.05) is 13.1 Å². The van der Waals surface area contributed by atoms with Gasteiger partial charge >= 0.3 is 0 Å². The van der Waals surface area contributed by atoms with Crippen molar-refractivity contribution in [3.63, 3.8) is 0 Å². The van der Waals surface area contributed by atoms with Crippen molar-refractivity contribution in [2.75, 3.05) is 12.4 Å². The third kappa shape index (κ3) is 3.03. The van der Waals surface area contributed by atoms with Crippen LogP contribution < -0.4 is 5.32 Å². The van der Waals surface area contributed by atoms with Crippen molar-refractivity contribution >= 4 is 33.3 Å². The highest BCUT2D eigenvalue weighted by Gasteiger charge is 2.36. The van der Waals surface area contributed by atoms with Gasteiger partial charge in [-0.05, 0) is 36.6 Å². The van der Waals surface area contributed by atoms with Crippen LogP contribution in [0.5, 0.6) is 0 Å². The SMILES string of the molecule is CN(C1CC1)S(=O)(=O)c1ccccc1Nc1ncnc(Cl)n1. The lowest BCUT2D eigenvalue weighted by molar-refractivity contribution is 0.464. The minimum Gasteiger partial charge on any atom is -0.323 e. The number of anilines is 2. The molecule has 0 aliphatic heterocycles. The molecule has 1 heterocycles. The molecule has 1 saturated carbocycles. The largest absolute Gasteiger partial charge is 0.323 e. The molecular formula is C13H14ClN5O2S. The predicted octanol–water partition coefficient (Wildman–Crippen LogP) is 2.05. The smallest absolute Gasteiger partial charge is 0.245 e. The standard InChI is InChI=1S/C13H14ClN5O2S/c1-19(9-6-7-9)22(20,21)11-5-3-2-4-10(11)17-13-16-8-15-12(14)18-13/h2-5,8-9H,6-7H2,1H3,(H,15,16,17,18). The molecule has 1 aliphatic carbocycles. The third-order valence-electron chi connectivity index (χ3n) is 3.39. The van der Waals surface area contributed by atoms with Gasteiger partial charge < -0.3 is 5.32 Å². The summed E-state index contributed by atoms with van der Waals surface area (Å²) in [6.07, 6.45) is 3.05. The molecule has 9 heteroatoms. The van der Waals surface area contributed by atoms with Crippen LogP contribution in [0.3, 0.4) is 0 Å². The molecule has 0 spiro atoms. The van der Waals surface area contributed by atoms with Crippen LogP contribution in [0.15, 0.2) is 35.5 Å². The summed E-state index contributed by atoms with van der Waals surface area (Å²) in [6, 6.07) is 6.72. The molecule has 0 atom stereocenters. The first-order valence-electron chi connectivity index (χ1n) is 6.67. The van der Waals surface area contributed by atoms with Gasteiger partial charge in [-0.2, -0.15) is 9.29 Å². The summed E-state index contributed by atoms with van der Waals surface area (Å²) >= 11 is 5.71. The van der Waals surface area contributed by atoms with Gasteiger partial charge in [0.05, 0.1) is 5.69 Å². The van der Waals surface area contributed by atoms with Crippen LogP contribution in [0.25, 0.3) is 0 Å². The van der Waals surface area contributed by atoms with E-state index < -0.39 is 10.0 Å². The van der Waals surface area contributed by atoms with Crippen molar-refractivity contribution < 1.29 is 8.42 Å². The molecule has 1 aromatic heterocycles. The molecule has 3 rings (SSSR count). The van der Waals surface area contributed by atoms with Gasteiger partial charge in [-0.1, -0.05) is 12.1 Å². The number of hydrogen-bond donors (Lipinski definition) is 1. The zero-order valence-electron chi connectivity index (χ0n) is 11.8. The number of para-hydroxylation sites is 1. The lowest BCUT2D eigenvalue weighted by Crippen LogP contribution is -2.29. The van der Waals surface area contributed by atoms with E-state index in [0.29, 0.717) is 5.69 Å². The van der Waals surface area contributed by atoms with Gasteiger partial charge in [0.2, 0.25) is 21.3 Å². The van der Waals surface area contributed by atoms with Crippen LogP contribution in [0.4, 0.5) is 11.6 Å². The molecule has 116 valence electrons. The van der Waals surface area contributed by atoms with Crippen molar-refractivity contribution in [1.29, 1.82) is 0 Å². The number of rotatable bonds is 5. The van der Waals surface area contributed by atoms with Crippen LogP contribution in [0.2, 0.25) is 5.28 Å². The van der Waals surface area contributed by atoms with Crippen LogP contribution in [-0.2, 0) is 10.0 Å². The summed E-state index contributed by atoms with van der Waals surface area (Å²) in [5.41, 5.74) is 0.400. The number of halogens is 1. The van der Waals surface area contributed by atoms with Crippen LogP contribution in [-0.4, -0.2) is 40.8 Å². The molecule has 1 aromatic carbocycles. The highest BCUT2D eigenvalue weighted by atomic mass is 35.5. The summed E-state index contributed by atoms with van der Waals surface area (Å²) < 4.78 is 26.8. The Hall–Kier alpha value is -1.77. The summed E-state index contributed by atoms with van der Waals surface area (Å²) in [5, 5.41) is 2.92. The van der Waals surface area contributed by atoms with Gasteiger partial charge in [0.25, 0.3) is 0 Å². The van der Waals surface area contributed by atoms with E-state index in [9.17, 15) is 8.42 Å². The molecule has 22 heavy (non-hydrogen) atoms. The maximum atomic E-state index is 12.7. The summed E-state index contributed by atoms with van der Waals surface area (Å²) in [5.74, 6) is 0.191. The first kappa shape index (κ1) is 15.1. The Bertz CT molecular complexity index is 795. The molecule has 0 saturated heterocycles. The van der Waals surface area contributed by atoms with Crippen molar-refractivity contribution in [1.82, 2.24) is 19.3 Å². The lowest BCUT2D eigenvalue weighted by Gasteiger charge is -2.18. The van der Waals surface area contributed by atoms with Crippen LogP contribution in [0.1, 0.15) is 12.8 Å². The summed E-state index contributed by atoms with van der Waals surface area (Å²) in [4.78, 5) is 11.7. The van der Waals surface area contributed by atoms with Gasteiger partial charge in [-0.3, -0.25) is 0 Å². The second kappa shape index (κ2) is 5.79. The van der Waals surface area contributed by atoms with Crippen molar-refractivity contribution in [2.45, 2.75) is 23.8 Å². The third-order valence-corrected chi connectivity index (χ3v) is 5.54. The normalized spacial score (nSPS) is 15.0. The number of benzene rings is 1. The Kier molecular flexibility index (Phi) is 3.98. The van der Waals surface area contributed by atoms with Crippen molar-refractivity contribution in [3.8, 4) is 0 Å².